The lowest BCUT2D eigenvalue weighted by Gasteiger charge is -2.19. The highest BCUT2D eigenvalue weighted by molar-refractivity contribution is 5.91. The van der Waals surface area contributed by atoms with Crippen molar-refractivity contribution in [2.45, 2.75) is 12.7 Å². The number of hydrogen-bond donors (Lipinski definition) is 0. The van der Waals surface area contributed by atoms with Crippen LogP contribution in [-0.4, -0.2) is 37.7 Å². The van der Waals surface area contributed by atoms with Crippen molar-refractivity contribution in [3.8, 4) is 0 Å². The zero-order chi connectivity index (χ0) is 14.6. The van der Waals surface area contributed by atoms with Gasteiger partial charge in [-0.15, -0.1) is 0 Å². The normalized spacial score (nSPS) is 11.7. The Morgan fingerprint density at radius 1 is 1.37 bits per heavy atom. The van der Waals surface area contributed by atoms with E-state index in [1.54, 1.807) is 0 Å². The van der Waals surface area contributed by atoms with Gasteiger partial charge >= 0.3 is 12.1 Å². The van der Waals surface area contributed by atoms with E-state index in [0.29, 0.717) is 0 Å². The second-order valence-corrected chi connectivity index (χ2v) is 4.08. The summed E-state index contributed by atoms with van der Waals surface area (Å²) in [5.74, 6) is -1.43. The first-order chi connectivity index (χ1) is 8.73. The molecule has 0 heterocycles. The molecule has 7 heteroatoms. The Labute approximate surface area is 107 Å². The molecular weight excluding hydrogens is 266 g/mol. The van der Waals surface area contributed by atoms with Gasteiger partial charge in [-0.1, -0.05) is 6.07 Å². The van der Waals surface area contributed by atoms with Crippen LogP contribution in [-0.2, 0) is 11.3 Å². The highest BCUT2D eigenvalue weighted by Gasteiger charge is 2.29. The zero-order valence-electron chi connectivity index (χ0n) is 10.4. The summed E-state index contributed by atoms with van der Waals surface area (Å²) in [6.07, 6.45) is -4.33. The molecule has 0 aliphatic heterocycles. The van der Waals surface area contributed by atoms with Crippen LogP contribution >= 0.6 is 0 Å². The van der Waals surface area contributed by atoms with Gasteiger partial charge in [-0.2, -0.15) is 13.2 Å². The maximum Gasteiger partial charge on any atom is 0.401 e. The average Bonchev–Trinajstić information content (AvgIpc) is 2.28. The number of halogens is 4. The van der Waals surface area contributed by atoms with Crippen LogP contribution in [0, 0.1) is 5.82 Å². The summed E-state index contributed by atoms with van der Waals surface area (Å²) in [5.41, 5.74) is 0.205. The summed E-state index contributed by atoms with van der Waals surface area (Å²) in [4.78, 5) is 12.4. The third-order valence-electron chi connectivity index (χ3n) is 2.37. The van der Waals surface area contributed by atoms with Gasteiger partial charge in [0, 0.05) is 6.54 Å². The van der Waals surface area contributed by atoms with Crippen molar-refractivity contribution in [2.24, 2.45) is 0 Å². The average molecular weight is 279 g/mol. The van der Waals surface area contributed by atoms with Gasteiger partial charge < -0.3 is 4.74 Å². The molecule has 1 aromatic carbocycles. The molecule has 106 valence electrons. The number of hydrogen-bond acceptors (Lipinski definition) is 3. The fraction of sp³-hybridized carbons (Fsp3) is 0.417. The van der Waals surface area contributed by atoms with E-state index in [-0.39, 0.29) is 17.7 Å². The number of rotatable bonds is 4. The molecule has 0 amide bonds. The predicted molar refractivity (Wildman–Crippen MR) is 60.1 cm³/mol. The van der Waals surface area contributed by atoms with E-state index in [0.717, 1.165) is 24.1 Å². The van der Waals surface area contributed by atoms with E-state index >= 15 is 0 Å². The van der Waals surface area contributed by atoms with Crippen molar-refractivity contribution in [1.82, 2.24) is 4.90 Å². The zero-order valence-corrected chi connectivity index (χ0v) is 10.4. The Morgan fingerprint density at radius 2 is 2.00 bits per heavy atom. The Hall–Kier alpha value is -1.63. The number of esters is 1. The molecule has 0 unspecified atom stereocenters. The summed E-state index contributed by atoms with van der Waals surface area (Å²) < 4.78 is 54.1. The standard InChI is InChI=1S/C12H13F4NO2/c1-17(7-12(14,15)16)6-8-3-4-9(13)5-10(8)11(18)19-2/h3-5H,6-7H2,1-2H3. The lowest BCUT2D eigenvalue weighted by molar-refractivity contribution is -0.144. The summed E-state index contributed by atoms with van der Waals surface area (Å²) in [7, 11) is 2.38. The molecule has 0 bridgehead atoms. The lowest BCUT2D eigenvalue weighted by Crippen LogP contribution is -2.31. The van der Waals surface area contributed by atoms with Gasteiger partial charge in [0.2, 0.25) is 0 Å². The van der Waals surface area contributed by atoms with Crippen LogP contribution in [0.2, 0.25) is 0 Å². The molecule has 0 atom stereocenters. The number of carbonyl (C=O) groups excluding carboxylic acids is 1. The molecule has 1 rings (SSSR count). The maximum atomic E-state index is 13.1. The van der Waals surface area contributed by atoms with E-state index < -0.39 is 24.5 Å². The number of carbonyl (C=O) groups is 1. The molecule has 3 nitrogen and oxygen atoms in total. The van der Waals surface area contributed by atoms with Crippen molar-refractivity contribution < 1.29 is 27.1 Å². The largest absolute Gasteiger partial charge is 0.465 e. The second-order valence-electron chi connectivity index (χ2n) is 4.08. The molecule has 0 saturated heterocycles. The number of ether oxygens (including phenoxy) is 1. The van der Waals surface area contributed by atoms with Crippen LogP contribution in [0.5, 0.6) is 0 Å². The highest BCUT2D eigenvalue weighted by Crippen LogP contribution is 2.19. The Balaban J connectivity index is 2.91. The van der Waals surface area contributed by atoms with Crippen LogP contribution in [0.15, 0.2) is 18.2 Å². The number of benzene rings is 1. The van der Waals surface area contributed by atoms with Gasteiger partial charge in [0.05, 0.1) is 19.2 Å². The summed E-state index contributed by atoms with van der Waals surface area (Å²) in [6.45, 7) is -1.25. The van der Waals surface area contributed by atoms with Gasteiger partial charge in [-0.05, 0) is 24.7 Å². The van der Waals surface area contributed by atoms with Gasteiger partial charge in [0.15, 0.2) is 0 Å². The second kappa shape index (κ2) is 6.01. The minimum absolute atomic E-state index is 0.0727. The highest BCUT2D eigenvalue weighted by atomic mass is 19.4. The molecule has 0 spiro atoms. The topological polar surface area (TPSA) is 29.5 Å². The lowest BCUT2D eigenvalue weighted by atomic mass is 10.1. The van der Waals surface area contributed by atoms with Crippen LogP contribution in [0.1, 0.15) is 15.9 Å². The minimum Gasteiger partial charge on any atom is -0.465 e. The van der Waals surface area contributed by atoms with E-state index in [1.165, 1.54) is 13.1 Å². The minimum atomic E-state index is -4.33. The van der Waals surface area contributed by atoms with E-state index in [9.17, 15) is 22.4 Å². The van der Waals surface area contributed by atoms with Crippen molar-refractivity contribution >= 4 is 5.97 Å². The summed E-state index contributed by atoms with van der Waals surface area (Å²) in [6, 6.07) is 3.31. The third-order valence-corrected chi connectivity index (χ3v) is 2.37. The van der Waals surface area contributed by atoms with Crippen LogP contribution in [0.25, 0.3) is 0 Å². The van der Waals surface area contributed by atoms with Crippen molar-refractivity contribution in [3.63, 3.8) is 0 Å². The molecule has 0 aliphatic carbocycles. The fourth-order valence-electron chi connectivity index (χ4n) is 1.64. The first-order valence-corrected chi connectivity index (χ1v) is 5.35. The third kappa shape index (κ3) is 4.86. The number of methoxy groups -OCH3 is 1. The monoisotopic (exact) mass is 279 g/mol. The van der Waals surface area contributed by atoms with Crippen LogP contribution in [0.4, 0.5) is 17.6 Å². The predicted octanol–water partition coefficient (Wildman–Crippen LogP) is 2.61. The molecule has 0 fully saturated rings. The summed E-state index contributed by atoms with van der Waals surface area (Å²) >= 11 is 0. The molecule has 0 aliphatic rings. The maximum absolute atomic E-state index is 13.1. The molecule has 0 N–H and O–H groups in total. The molecule has 1 aromatic rings. The Morgan fingerprint density at radius 3 is 2.53 bits per heavy atom. The van der Waals surface area contributed by atoms with Crippen molar-refractivity contribution in [3.05, 3.63) is 35.1 Å². The molecule has 19 heavy (non-hydrogen) atoms. The molecule has 0 radical (unpaired) electrons. The summed E-state index contributed by atoms with van der Waals surface area (Å²) in [5, 5.41) is 0. The molecular formula is C12H13F4NO2. The van der Waals surface area contributed by atoms with Gasteiger partial charge in [-0.3, -0.25) is 4.90 Å². The smallest absolute Gasteiger partial charge is 0.401 e. The van der Waals surface area contributed by atoms with Crippen LogP contribution < -0.4 is 0 Å². The van der Waals surface area contributed by atoms with E-state index in [4.69, 9.17) is 0 Å². The van der Waals surface area contributed by atoms with Gasteiger partial charge in [0.25, 0.3) is 0 Å². The first kappa shape index (κ1) is 15.4. The Bertz CT molecular complexity index is 460. The van der Waals surface area contributed by atoms with E-state index in [2.05, 4.69) is 4.74 Å². The van der Waals surface area contributed by atoms with Crippen molar-refractivity contribution in [1.29, 1.82) is 0 Å². The fourth-order valence-corrected chi connectivity index (χ4v) is 1.64. The van der Waals surface area contributed by atoms with Gasteiger partial charge in [-0.25, -0.2) is 9.18 Å². The Kier molecular flexibility index (Phi) is 4.88. The van der Waals surface area contributed by atoms with Gasteiger partial charge in [0.1, 0.15) is 5.82 Å². The van der Waals surface area contributed by atoms with Crippen molar-refractivity contribution in [2.75, 3.05) is 20.7 Å². The van der Waals surface area contributed by atoms with Crippen LogP contribution in [0.3, 0.4) is 0 Å². The first-order valence-electron chi connectivity index (χ1n) is 5.35. The number of nitrogens with zero attached hydrogens (tertiary/aromatic N) is 1. The van der Waals surface area contributed by atoms with E-state index in [1.807, 2.05) is 0 Å². The number of alkyl halides is 3. The molecule has 0 aromatic heterocycles. The molecule has 0 saturated carbocycles. The quantitative estimate of drug-likeness (QED) is 0.627. The SMILES string of the molecule is COC(=O)c1cc(F)ccc1CN(C)CC(F)(F)F.